The predicted molar refractivity (Wildman–Crippen MR) is 82.2 cm³/mol. The van der Waals surface area contributed by atoms with Crippen LogP contribution in [0.25, 0.3) is 0 Å². The van der Waals surface area contributed by atoms with Gasteiger partial charge in [0.15, 0.2) is 0 Å². The molecule has 0 aliphatic rings. The maximum Gasteiger partial charge on any atom is 0.142 e. The Morgan fingerprint density at radius 3 is 2.75 bits per heavy atom. The fourth-order valence-corrected chi connectivity index (χ4v) is 2.28. The Morgan fingerprint density at radius 1 is 1.35 bits per heavy atom. The van der Waals surface area contributed by atoms with Crippen LogP contribution in [0.4, 0.5) is 5.69 Å². The summed E-state index contributed by atoms with van der Waals surface area (Å²) in [5.74, 6) is 0.905. The molecular formula is C16H23N3O. The van der Waals surface area contributed by atoms with Crippen LogP contribution in [-0.4, -0.2) is 16.4 Å². The quantitative estimate of drug-likeness (QED) is 0.872. The van der Waals surface area contributed by atoms with Crippen molar-refractivity contribution in [1.29, 1.82) is 0 Å². The molecule has 0 aliphatic carbocycles. The molecule has 0 saturated carbocycles. The van der Waals surface area contributed by atoms with Gasteiger partial charge in [-0.3, -0.25) is 4.68 Å². The lowest BCUT2D eigenvalue weighted by atomic mass is 10.1. The number of benzene rings is 1. The van der Waals surface area contributed by atoms with E-state index in [0.29, 0.717) is 0 Å². The van der Waals surface area contributed by atoms with Gasteiger partial charge in [-0.25, -0.2) is 0 Å². The molecule has 1 N–H and O–H groups in total. The number of ether oxygens (including phenoxy) is 1. The first-order chi connectivity index (χ1) is 9.61. The van der Waals surface area contributed by atoms with Crippen LogP contribution in [0.3, 0.4) is 0 Å². The van der Waals surface area contributed by atoms with E-state index in [-0.39, 0.29) is 6.04 Å². The highest BCUT2D eigenvalue weighted by atomic mass is 16.5. The van der Waals surface area contributed by atoms with Crippen LogP contribution in [0.1, 0.15) is 37.6 Å². The Kier molecular flexibility index (Phi) is 4.66. The minimum Gasteiger partial charge on any atom is -0.491 e. The van der Waals surface area contributed by atoms with Crippen LogP contribution in [0.2, 0.25) is 0 Å². The summed E-state index contributed by atoms with van der Waals surface area (Å²) in [7, 11) is 1.95. The maximum absolute atomic E-state index is 5.78. The van der Waals surface area contributed by atoms with Gasteiger partial charge in [0.05, 0.1) is 24.0 Å². The lowest BCUT2D eigenvalue weighted by Gasteiger charge is -2.18. The van der Waals surface area contributed by atoms with E-state index in [0.717, 1.165) is 30.2 Å². The number of hydrogen-bond acceptors (Lipinski definition) is 3. The topological polar surface area (TPSA) is 39.1 Å². The Labute approximate surface area is 120 Å². The van der Waals surface area contributed by atoms with Crippen molar-refractivity contribution in [2.45, 2.75) is 33.2 Å². The average Bonchev–Trinajstić information content (AvgIpc) is 2.77. The van der Waals surface area contributed by atoms with Crippen LogP contribution < -0.4 is 10.1 Å². The standard InChI is InChI=1S/C16H23N3O/c1-5-10-20-16-9-7-6-8-15(16)17-12(2)14-11-19(4)18-13(14)3/h6-9,11-12,17H,5,10H2,1-4H3. The molecule has 0 fully saturated rings. The lowest BCUT2D eigenvalue weighted by molar-refractivity contribution is 0.318. The van der Waals surface area contributed by atoms with E-state index in [9.17, 15) is 0 Å². The summed E-state index contributed by atoms with van der Waals surface area (Å²) in [6.45, 7) is 7.02. The van der Waals surface area contributed by atoms with Crippen molar-refractivity contribution in [3.63, 3.8) is 0 Å². The molecule has 2 aromatic rings. The van der Waals surface area contributed by atoms with Crippen LogP contribution >= 0.6 is 0 Å². The normalized spacial score (nSPS) is 12.2. The lowest BCUT2D eigenvalue weighted by Crippen LogP contribution is -2.09. The monoisotopic (exact) mass is 273 g/mol. The molecule has 1 heterocycles. The third kappa shape index (κ3) is 3.32. The number of para-hydroxylation sites is 2. The molecule has 1 unspecified atom stereocenters. The third-order valence-corrected chi connectivity index (χ3v) is 3.24. The van der Waals surface area contributed by atoms with Crippen molar-refractivity contribution < 1.29 is 4.74 Å². The van der Waals surface area contributed by atoms with Crippen molar-refractivity contribution >= 4 is 5.69 Å². The van der Waals surface area contributed by atoms with E-state index < -0.39 is 0 Å². The van der Waals surface area contributed by atoms with Gasteiger partial charge in [-0.2, -0.15) is 5.10 Å². The van der Waals surface area contributed by atoms with Gasteiger partial charge < -0.3 is 10.1 Å². The van der Waals surface area contributed by atoms with Crippen LogP contribution in [-0.2, 0) is 7.05 Å². The molecule has 1 aromatic carbocycles. The first-order valence-corrected chi connectivity index (χ1v) is 7.10. The minimum absolute atomic E-state index is 0.190. The van der Waals surface area contributed by atoms with E-state index in [4.69, 9.17) is 4.74 Å². The Hall–Kier alpha value is -1.97. The van der Waals surface area contributed by atoms with Gasteiger partial charge in [0, 0.05) is 18.8 Å². The molecule has 108 valence electrons. The Bertz CT molecular complexity index is 563. The van der Waals surface area contributed by atoms with E-state index in [1.165, 1.54) is 5.56 Å². The second-order valence-electron chi connectivity index (χ2n) is 5.05. The fraction of sp³-hybridized carbons (Fsp3) is 0.438. The highest BCUT2D eigenvalue weighted by molar-refractivity contribution is 5.57. The van der Waals surface area contributed by atoms with Crippen LogP contribution in [0.5, 0.6) is 5.75 Å². The summed E-state index contributed by atoms with van der Waals surface area (Å²) in [6.07, 6.45) is 3.06. The maximum atomic E-state index is 5.78. The van der Waals surface area contributed by atoms with Crippen molar-refractivity contribution in [2.75, 3.05) is 11.9 Å². The number of nitrogens with one attached hydrogen (secondary N) is 1. The van der Waals surface area contributed by atoms with Gasteiger partial charge in [0.2, 0.25) is 0 Å². The molecule has 0 radical (unpaired) electrons. The fourth-order valence-electron chi connectivity index (χ4n) is 2.28. The van der Waals surface area contributed by atoms with Crippen molar-refractivity contribution in [1.82, 2.24) is 9.78 Å². The van der Waals surface area contributed by atoms with Gasteiger partial charge in [-0.15, -0.1) is 0 Å². The number of aryl methyl sites for hydroxylation is 2. The van der Waals surface area contributed by atoms with Crippen molar-refractivity contribution in [3.05, 3.63) is 41.7 Å². The summed E-state index contributed by atoms with van der Waals surface area (Å²) in [4.78, 5) is 0. The van der Waals surface area contributed by atoms with Crippen LogP contribution in [0, 0.1) is 6.92 Å². The second-order valence-corrected chi connectivity index (χ2v) is 5.05. The smallest absolute Gasteiger partial charge is 0.142 e. The molecule has 0 saturated heterocycles. The van der Waals surface area contributed by atoms with Crippen molar-refractivity contribution in [2.24, 2.45) is 7.05 Å². The molecular weight excluding hydrogens is 250 g/mol. The number of nitrogens with zero attached hydrogens (tertiary/aromatic N) is 2. The summed E-state index contributed by atoms with van der Waals surface area (Å²) in [6, 6.07) is 8.25. The summed E-state index contributed by atoms with van der Waals surface area (Å²) in [5, 5.41) is 7.90. The van der Waals surface area contributed by atoms with E-state index >= 15 is 0 Å². The second kappa shape index (κ2) is 6.46. The molecule has 2 rings (SSSR count). The molecule has 0 spiro atoms. The zero-order valence-electron chi connectivity index (χ0n) is 12.7. The van der Waals surface area contributed by atoms with E-state index in [2.05, 4.69) is 30.5 Å². The molecule has 4 nitrogen and oxygen atoms in total. The minimum atomic E-state index is 0.190. The Morgan fingerprint density at radius 2 is 2.10 bits per heavy atom. The summed E-state index contributed by atoms with van der Waals surface area (Å²) >= 11 is 0. The molecule has 1 atom stereocenters. The highest BCUT2D eigenvalue weighted by Gasteiger charge is 2.13. The Balaban J connectivity index is 2.15. The van der Waals surface area contributed by atoms with E-state index in [1.807, 2.05) is 42.9 Å². The van der Waals surface area contributed by atoms with E-state index in [1.54, 1.807) is 0 Å². The van der Waals surface area contributed by atoms with Gasteiger partial charge in [-0.1, -0.05) is 19.1 Å². The molecule has 0 bridgehead atoms. The number of aromatic nitrogens is 2. The van der Waals surface area contributed by atoms with Crippen molar-refractivity contribution in [3.8, 4) is 5.75 Å². The SMILES string of the molecule is CCCOc1ccccc1NC(C)c1cn(C)nc1C. The van der Waals surface area contributed by atoms with Gasteiger partial charge in [0.25, 0.3) is 0 Å². The summed E-state index contributed by atoms with van der Waals surface area (Å²) in [5.41, 5.74) is 3.29. The van der Waals surface area contributed by atoms with Gasteiger partial charge in [0.1, 0.15) is 5.75 Å². The molecule has 4 heteroatoms. The average molecular weight is 273 g/mol. The first kappa shape index (κ1) is 14.4. The largest absolute Gasteiger partial charge is 0.491 e. The number of rotatable bonds is 6. The summed E-state index contributed by atoms with van der Waals surface area (Å²) < 4.78 is 7.62. The zero-order valence-corrected chi connectivity index (χ0v) is 12.7. The first-order valence-electron chi connectivity index (χ1n) is 7.10. The molecule has 0 amide bonds. The molecule has 1 aromatic heterocycles. The molecule has 0 aliphatic heterocycles. The van der Waals surface area contributed by atoms with Gasteiger partial charge in [-0.05, 0) is 32.4 Å². The number of hydrogen-bond donors (Lipinski definition) is 1. The van der Waals surface area contributed by atoms with Crippen LogP contribution in [0.15, 0.2) is 30.5 Å². The van der Waals surface area contributed by atoms with Gasteiger partial charge >= 0.3 is 0 Å². The zero-order chi connectivity index (χ0) is 14.5. The number of anilines is 1. The molecule has 20 heavy (non-hydrogen) atoms. The third-order valence-electron chi connectivity index (χ3n) is 3.24. The highest BCUT2D eigenvalue weighted by Crippen LogP contribution is 2.28. The predicted octanol–water partition coefficient (Wildman–Crippen LogP) is 3.69.